The summed E-state index contributed by atoms with van der Waals surface area (Å²) in [6, 6.07) is -0.217. The van der Waals surface area contributed by atoms with Crippen LogP contribution in [-0.2, 0) is 4.79 Å². The highest BCUT2D eigenvalue weighted by Gasteiger charge is 2.17. The molecule has 0 spiro atoms. The average Bonchev–Trinajstić information content (AvgIpc) is 1.96. The van der Waals surface area contributed by atoms with Gasteiger partial charge in [0.15, 0.2) is 0 Å². The van der Waals surface area contributed by atoms with Crippen molar-refractivity contribution >= 4 is 5.97 Å². The molecule has 1 unspecified atom stereocenters. The lowest BCUT2D eigenvalue weighted by molar-refractivity contribution is -0.139. The van der Waals surface area contributed by atoms with E-state index in [1.54, 1.807) is 0 Å². The summed E-state index contributed by atoms with van der Waals surface area (Å²) in [5.41, 5.74) is 0. The van der Waals surface area contributed by atoms with Gasteiger partial charge in [0.25, 0.3) is 0 Å². The molecule has 0 fully saturated rings. The van der Waals surface area contributed by atoms with Crippen molar-refractivity contribution in [3.05, 3.63) is 0 Å². The Morgan fingerprint density at radius 2 is 2.00 bits per heavy atom. The summed E-state index contributed by atoms with van der Waals surface area (Å²) in [6.45, 7) is 4.69. The highest BCUT2D eigenvalue weighted by atomic mass is 16.4. The fourth-order valence-corrected chi connectivity index (χ4v) is 1.07. The molecule has 0 aliphatic rings. The minimum absolute atomic E-state index is 0.211. The molecule has 78 valence electrons. The van der Waals surface area contributed by atoms with Crippen molar-refractivity contribution in [2.75, 3.05) is 20.6 Å². The predicted molar refractivity (Wildman–Crippen MR) is 52.9 cm³/mol. The number of aliphatic carboxylic acids is 1. The van der Waals surface area contributed by atoms with Crippen LogP contribution in [0.3, 0.4) is 0 Å². The zero-order valence-electron chi connectivity index (χ0n) is 8.87. The van der Waals surface area contributed by atoms with E-state index in [1.807, 2.05) is 32.8 Å². The Morgan fingerprint density at radius 1 is 1.46 bits per heavy atom. The summed E-state index contributed by atoms with van der Waals surface area (Å²) in [7, 11) is 3.88. The Labute approximate surface area is 79.9 Å². The minimum atomic E-state index is -0.768. The van der Waals surface area contributed by atoms with E-state index in [-0.39, 0.29) is 6.04 Å². The van der Waals surface area contributed by atoms with Crippen molar-refractivity contribution in [1.29, 1.82) is 0 Å². The van der Waals surface area contributed by atoms with E-state index < -0.39 is 12.0 Å². The van der Waals surface area contributed by atoms with Crippen LogP contribution in [0.1, 0.15) is 20.3 Å². The molecule has 0 aliphatic carbocycles. The van der Waals surface area contributed by atoms with Gasteiger partial charge in [-0.05, 0) is 27.1 Å². The number of rotatable bonds is 6. The van der Waals surface area contributed by atoms with Gasteiger partial charge in [-0.25, -0.2) is 0 Å². The normalized spacial score (nSPS) is 13.7. The Hall–Kier alpha value is -0.610. The van der Waals surface area contributed by atoms with Crippen molar-refractivity contribution in [3.63, 3.8) is 0 Å². The molecule has 4 nitrogen and oxygen atoms in total. The SMILES string of the molecule is CC(C)NC(CCN(C)C)C(=O)O. The number of nitrogens with one attached hydrogen (secondary N) is 1. The van der Waals surface area contributed by atoms with Crippen LogP contribution in [0, 0.1) is 0 Å². The summed E-state index contributed by atoms with van der Waals surface area (Å²) < 4.78 is 0. The summed E-state index contributed by atoms with van der Waals surface area (Å²) in [5.74, 6) is -0.768. The summed E-state index contributed by atoms with van der Waals surface area (Å²) in [6.07, 6.45) is 0.639. The fraction of sp³-hybridized carbons (Fsp3) is 0.889. The maximum atomic E-state index is 10.8. The summed E-state index contributed by atoms with van der Waals surface area (Å²) in [4.78, 5) is 12.8. The summed E-state index contributed by atoms with van der Waals surface area (Å²) >= 11 is 0. The number of hydrogen-bond acceptors (Lipinski definition) is 3. The first-order valence-corrected chi connectivity index (χ1v) is 4.57. The van der Waals surface area contributed by atoms with Gasteiger partial charge in [0.2, 0.25) is 0 Å². The fourth-order valence-electron chi connectivity index (χ4n) is 1.07. The number of carboxylic acids is 1. The molecule has 4 heteroatoms. The van der Waals surface area contributed by atoms with Crippen molar-refractivity contribution in [3.8, 4) is 0 Å². The quantitative estimate of drug-likeness (QED) is 0.633. The van der Waals surface area contributed by atoms with E-state index >= 15 is 0 Å². The lowest BCUT2D eigenvalue weighted by Gasteiger charge is -2.19. The maximum absolute atomic E-state index is 10.8. The van der Waals surface area contributed by atoms with Crippen LogP contribution >= 0.6 is 0 Å². The zero-order chi connectivity index (χ0) is 10.4. The molecule has 1 atom stereocenters. The molecular weight excluding hydrogens is 168 g/mol. The maximum Gasteiger partial charge on any atom is 0.320 e. The van der Waals surface area contributed by atoms with Crippen molar-refractivity contribution in [1.82, 2.24) is 10.2 Å². The van der Waals surface area contributed by atoms with Crippen molar-refractivity contribution in [2.45, 2.75) is 32.4 Å². The van der Waals surface area contributed by atoms with Gasteiger partial charge >= 0.3 is 5.97 Å². The van der Waals surface area contributed by atoms with Gasteiger partial charge < -0.3 is 15.3 Å². The molecule has 0 saturated heterocycles. The van der Waals surface area contributed by atoms with Gasteiger partial charge in [-0.2, -0.15) is 0 Å². The first kappa shape index (κ1) is 12.4. The lowest BCUT2D eigenvalue weighted by atomic mass is 10.2. The average molecular weight is 188 g/mol. The van der Waals surface area contributed by atoms with Crippen LogP contribution in [0.25, 0.3) is 0 Å². The van der Waals surface area contributed by atoms with Gasteiger partial charge in [-0.1, -0.05) is 13.8 Å². The smallest absolute Gasteiger partial charge is 0.320 e. The topological polar surface area (TPSA) is 52.6 Å². The molecule has 0 radical (unpaired) electrons. The Bertz CT molecular complexity index is 158. The molecule has 0 bridgehead atoms. The van der Waals surface area contributed by atoms with E-state index in [1.165, 1.54) is 0 Å². The standard InChI is InChI=1S/C9H20N2O2/c1-7(2)10-8(9(12)13)5-6-11(3)4/h7-8,10H,5-6H2,1-4H3,(H,12,13). The molecule has 13 heavy (non-hydrogen) atoms. The van der Waals surface area contributed by atoms with Gasteiger partial charge in [-0.3, -0.25) is 4.79 Å². The first-order valence-electron chi connectivity index (χ1n) is 4.57. The molecule has 0 rings (SSSR count). The molecule has 0 amide bonds. The molecule has 0 aromatic heterocycles. The number of hydrogen-bond donors (Lipinski definition) is 2. The van der Waals surface area contributed by atoms with Gasteiger partial charge in [0.1, 0.15) is 6.04 Å². The van der Waals surface area contributed by atoms with E-state index in [0.29, 0.717) is 6.42 Å². The third kappa shape index (κ3) is 6.54. The van der Waals surface area contributed by atoms with Gasteiger partial charge in [-0.15, -0.1) is 0 Å². The highest BCUT2D eigenvalue weighted by Crippen LogP contribution is 1.96. The van der Waals surface area contributed by atoms with Crippen LogP contribution in [0.15, 0.2) is 0 Å². The Balaban J connectivity index is 3.88. The minimum Gasteiger partial charge on any atom is -0.480 e. The van der Waals surface area contributed by atoms with Crippen molar-refractivity contribution in [2.24, 2.45) is 0 Å². The van der Waals surface area contributed by atoms with Crippen molar-refractivity contribution < 1.29 is 9.90 Å². The largest absolute Gasteiger partial charge is 0.480 e. The van der Waals surface area contributed by atoms with E-state index in [0.717, 1.165) is 6.54 Å². The van der Waals surface area contributed by atoms with Crippen LogP contribution in [0.4, 0.5) is 0 Å². The monoisotopic (exact) mass is 188 g/mol. The number of carbonyl (C=O) groups is 1. The zero-order valence-corrected chi connectivity index (χ0v) is 8.87. The molecular formula is C9H20N2O2. The molecule has 2 N–H and O–H groups in total. The second-order valence-corrected chi connectivity index (χ2v) is 3.80. The second-order valence-electron chi connectivity index (χ2n) is 3.80. The van der Waals surface area contributed by atoms with E-state index in [2.05, 4.69) is 5.32 Å². The molecule has 0 aromatic carbocycles. The first-order chi connectivity index (χ1) is 5.93. The molecule has 0 heterocycles. The molecule has 0 saturated carbocycles. The predicted octanol–water partition coefficient (Wildman–Crippen LogP) is 0.389. The van der Waals surface area contributed by atoms with Crippen LogP contribution < -0.4 is 5.32 Å². The highest BCUT2D eigenvalue weighted by molar-refractivity contribution is 5.73. The lowest BCUT2D eigenvalue weighted by Crippen LogP contribution is -2.42. The number of nitrogens with zero attached hydrogens (tertiary/aromatic N) is 1. The van der Waals surface area contributed by atoms with Crippen LogP contribution in [-0.4, -0.2) is 48.7 Å². The molecule has 0 aliphatic heterocycles. The van der Waals surface area contributed by atoms with Gasteiger partial charge in [0.05, 0.1) is 0 Å². The Morgan fingerprint density at radius 3 is 2.31 bits per heavy atom. The van der Waals surface area contributed by atoms with Gasteiger partial charge in [0, 0.05) is 6.04 Å². The van der Waals surface area contributed by atoms with Crippen LogP contribution in [0.2, 0.25) is 0 Å². The van der Waals surface area contributed by atoms with Crippen LogP contribution in [0.5, 0.6) is 0 Å². The number of carboxylic acid groups (broad SMARTS) is 1. The third-order valence-corrected chi connectivity index (χ3v) is 1.70. The van der Waals surface area contributed by atoms with E-state index in [4.69, 9.17) is 5.11 Å². The summed E-state index contributed by atoms with van der Waals surface area (Å²) in [5, 5.41) is 11.9. The second kappa shape index (κ2) is 5.94. The third-order valence-electron chi connectivity index (χ3n) is 1.70. The Kier molecular flexibility index (Phi) is 5.66. The molecule has 0 aromatic rings. The van der Waals surface area contributed by atoms with E-state index in [9.17, 15) is 4.79 Å².